The number of nitrogens with one attached hydrogen (secondary N) is 2. The van der Waals surface area contributed by atoms with Crippen LogP contribution >= 0.6 is 0 Å². The van der Waals surface area contributed by atoms with Gasteiger partial charge >= 0.3 is 0 Å². The second-order valence-corrected chi connectivity index (χ2v) is 7.25. The third-order valence-corrected chi connectivity index (χ3v) is 5.61. The summed E-state index contributed by atoms with van der Waals surface area (Å²) in [6.45, 7) is 4.38. The van der Waals surface area contributed by atoms with E-state index < -0.39 is 0 Å². The Hall–Kier alpha value is -2.22. The fourth-order valence-electron chi connectivity index (χ4n) is 4.10. The van der Waals surface area contributed by atoms with Crippen LogP contribution in [0.4, 0.5) is 0 Å². The van der Waals surface area contributed by atoms with Crippen LogP contribution in [0.25, 0.3) is 5.70 Å². The first kappa shape index (κ1) is 15.3. The molecule has 2 aliphatic carbocycles. The monoisotopic (exact) mass is 318 g/mol. The molecule has 1 heterocycles. The van der Waals surface area contributed by atoms with Crippen LogP contribution < -0.4 is 10.6 Å². The highest BCUT2D eigenvalue weighted by Crippen LogP contribution is 2.35. The van der Waals surface area contributed by atoms with E-state index in [9.17, 15) is 0 Å². The van der Waals surface area contributed by atoms with Crippen LogP contribution in [0.1, 0.15) is 44.1 Å². The molecule has 124 valence electrons. The molecule has 1 aromatic rings. The molecule has 1 saturated carbocycles. The van der Waals surface area contributed by atoms with Gasteiger partial charge in [0.25, 0.3) is 0 Å². The van der Waals surface area contributed by atoms with Crippen molar-refractivity contribution in [2.75, 3.05) is 0 Å². The lowest BCUT2D eigenvalue weighted by Gasteiger charge is -2.26. The first-order chi connectivity index (χ1) is 11.8. The van der Waals surface area contributed by atoms with Gasteiger partial charge in [-0.2, -0.15) is 0 Å². The van der Waals surface area contributed by atoms with Crippen molar-refractivity contribution in [2.24, 2.45) is 11.8 Å². The molecule has 2 unspecified atom stereocenters. The SMILES string of the molecule is C=C1/C=C2/NC=C(c3ccccc3)N/C2=C/CC2CCCC1CC2. The first-order valence-electron chi connectivity index (χ1n) is 9.20. The minimum atomic E-state index is 0.656. The molecule has 2 heteroatoms. The standard InChI is InChI=1S/C22H26N2/c1-16-14-21-20(13-11-17-6-5-9-18(16)12-10-17)24-22(15-23-21)19-7-3-2-4-8-19/h2-4,7-8,13-15,17-18,23-24H,1,5-6,9-12H2/b20-13+,21-14+. The minimum Gasteiger partial charge on any atom is -0.358 e. The topological polar surface area (TPSA) is 24.1 Å². The van der Waals surface area contributed by atoms with Crippen LogP contribution in [-0.2, 0) is 0 Å². The Labute approximate surface area is 145 Å². The van der Waals surface area contributed by atoms with Crippen LogP contribution in [0, 0.1) is 11.8 Å². The van der Waals surface area contributed by atoms with Gasteiger partial charge in [0.05, 0.1) is 17.1 Å². The van der Waals surface area contributed by atoms with Crippen LogP contribution in [0.3, 0.4) is 0 Å². The molecule has 3 aliphatic rings. The molecule has 0 amide bonds. The van der Waals surface area contributed by atoms with E-state index in [0.717, 1.165) is 17.3 Å². The predicted molar refractivity (Wildman–Crippen MR) is 101 cm³/mol. The molecule has 2 N–H and O–H groups in total. The molecule has 0 radical (unpaired) electrons. The van der Waals surface area contributed by atoms with Crippen molar-refractivity contribution < 1.29 is 0 Å². The average molecular weight is 318 g/mol. The van der Waals surface area contributed by atoms with E-state index in [1.165, 1.54) is 55.4 Å². The minimum absolute atomic E-state index is 0.656. The van der Waals surface area contributed by atoms with Gasteiger partial charge in [-0.15, -0.1) is 0 Å². The van der Waals surface area contributed by atoms with Crippen LogP contribution in [0.15, 0.2) is 72.2 Å². The van der Waals surface area contributed by atoms with Crippen molar-refractivity contribution in [2.45, 2.75) is 38.5 Å². The van der Waals surface area contributed by atoms with Gasteiger partial charge in [-0.05, 0) is 54.7 Å². The maximum Gasteiger partial charge on any atom is 0.0621 e. The quantitative estimate of drug-likeness (QED) is 0.752. The smallest absolute Gasteiger partial charge is 0.0621 e. The Balaban J connectivity index is 1.67. The van der Waals surface area contributed by atoms with E-state index in [2.05, 4.69) is 65.9 Å². The number of rotatable bonds is 1. The van der Waals surface area contributed by atoms with Gasteiger partial charge in [-0.25, -0.2) is 0 Å². The third kappa shape index (κ3) is 3.19. The number of allylic oxidation sites excluding steroid dienone is 3. The molecule has 0 spiro atoms. The summed E-state index contributed by atoms with van der Waals surface area (Å²) < 4.78 is 0. The van der Waals surface area contributed by atoms with Crippen molar-refractivity contribution in [1.29, 1.82) is 0 Å². The zero-order valence-electron chi connectivity index (χ0n) is 14.2. The van der Waals surface area contributed by atoms with Gasteiger partial charge in [0.2, 0.25) is 0 Å². The second-order valence-electron chi connectivity index (χ2n) is 7.25. The number of fused-ring (bicyclic) bond motifs is 4. The summed E-state index contributed by atoms with van der Waals surface area (Å²) in [7, 11) is 0. The van der Waals surface area contributed by atoms with E-state index in [-0.39, 0.29) is 0 Å². The molecule has 1 aromatic carbocycles. The summed E-state index contributed by atoms with van der Waals surface area (Å²) in [6.07, 6.45) is 14.5. The lowest BCUT2D eigenvalue weighted by molar-refractivity contribution is 0.455. The number of benzene rings is 1. The fourth-order valence-corrected chi connectivity index (χ4v) is 4.10. The van der Waals surface area contributed by atoms with Crippen LogP contribution in [0.2, 0.25) is 0 Å². The third-order valence-electron chi connectivity index (χ3n) is 5.61. The molecular weight excluding hydrogens is 292 g/mol. The molecule has 4 rings (SSSR count). The first-order valence-corrected chi connectivity index (χ1v) is 9.20. The van der Waals surface area contributed by atoms with E-state index in [0.29, 0.717) is 5.92 Å². The van der Waals surface area contributed by atoms with Crippen molar-refractivity contribution in [3.05, 3.63) is 77.8 Å². The number of hydrogen-bond acceptors (Lipinski definition) is 2. The van der Waals surface area contributed by atoms with Gasteiger partial charge in [0, 0.05) is 6.20 Å². The molecule has 2 bridgehead atoms. The lowest BCUT2D eigenvalue weighted by Crippen LogP contribution is -2.27. The van der Waals surface area contributed by atoms with Crippen molar-refractivity contribution in [1.82, 2.24) is 10.6 Å². The average Bonchev–Trinajstić information content (AvgIpc) is 2.88. The highest BCUT2D eigenvalue weighted by molar-refractivity contribution is 5.68. The molecular formula is C22H26N2. The second kappa shape index (κ2) is 6.72. The van der Waals surface area contributed by atoms with Crippen LogP contribution in [-0.4, -0.2) is 0 Å². The van der Waals surface area contributed by atoms with Gasteiger partial charge in [-0.3, -0.25) is 0 Å². The molecule has 0 aromatic heterocycles. The fraction of sp³-hybridized carbons (Fsp3) is 0.364. The van der Waals surface area contributed by atoms with Gasteiger partial charge in [0.1, 0.15) is 0 Å². The Morgan fingerprint density at radius 2 is 1.79 bits per heavy atom. The summed E-state index contributed by atoms with van der Waals surface area (Å²) in [5.74, 6) is 1.48. The predicted octanol–water partition coefficient (Wildman–Crippen LogP) is 5.10. The van der Waals surface area contributed by atoms with E-state index in [4.69, 9.17) is 0 Å². The van der Waals surface area contributed by atoms with Gasteiger partial charge in [-0.1, -0.05) is 55.8 Å². The zero-order valence-corrected chi connectivity index (χ0v) is 14.2. The van der Waals surface area contributed by atoms with Crippen molar-refractivity contribution in [3.63, 3.8) is 0 Å². The van der Waals surface area contributed by atoms with E-state index >= 15 is 0 Å². The Morgan fingerprint density at radius 3 is 2.67 bits per heavy atom. The number of hydrogen-bond donors (Lipinski definition) is 2. The maximum atomic E-state index is 4.38. The molecule has 2 atom stereocenters. The van der Waals surface area contributed by atoms with Gasteiger partial charge < -0.3 is 10.6 Å². The van der Waals surface area contributed by atoms with Gasteiger partial charge in [0.15, 0.2) is 0 Å². The van der Waals surface area contributed by atoms with Crippen molar-refractivity contribution >= 4 is 5.70 Å². The molecule has 0 saturated heterocycles. The van der Waals surface area contributed by atoms with E-state index in [1.54, 1.807) is 0 Å². The van der Waals surface area contributed by atoms with Crippen molar-refractivity contribution in [3.8, 4) is 0 Å². The maximum absolute atomic E-state index is 4.38. The highest BCUT2D eigenvalue weighted by atomic mass is 15.0. The summed E-state index contributed by atoms with van der Waals surface area (Å²) in [5, 5.41) is 7.14. The largest absolute Gasteiger partial charge is 0.358 e. The summed E-state index contributed by atoms with van der Waals surface area (Å²) in [4.78, 5) is 0. The normalized spacial score (nSPS) is 31.2. The summed E-state index contributed by atoms with van der Waals surface area (Å²) >= 11 is 0. The lowest BCUT2D eigenvalue weighted by atomic mass is 9.89. The zero-order chi connectivity index (χ0) is 16.4. The molecule has 1 fully saturated rings. The highest BCUT2D eigenvalue weighted by Gasteiger charge is 2.23. The summed E-state index contributed by atoms with van der Waals surface area (Å²) in [5.41, 5.74) is 5.98. The molecule has 24 heavy (non-hydrogen) atoms. The Kier molecular flexibility index (Phi) is 4.29. The molecule has 2 nitrogen and oxygen atoms in total. The Bertz CT molecular complexity index is 709. The van der Waals surface area contributed by atoms with Crippen LogP contribution in [0.5, 0.6) is 0 Å². The Morgan fingerprint density at radius 1 is 0.917 bits per heavy atom. The summed E-state index contributed by atoms with van der Waals surface area (Å²) in [6, 6.07) is 10.5. The van der Waals surface area contributed by atoms with E-state index in [1.807, 2.05) is 0 Å². The molecule has 1 aliphatic heterocycles.